The zero-order valence-corrected chi connectivity index (χ0v) is 10.3. The van der Waals surface area contributed by atoms with E-state index in [4.69, 9.17) is 0 Å². The minimum Gasteiger partial charge on any atom is -0.396 e. The molecule has 0 spiro atoms. The maximum atomic E-state index is 12.5. The highest BCUT2D eigenvalue weighted by Crippen LogP contribution is 2.29. The van der Waals surface area contributed by atoms with E-state index in [1.165, 1.54) is 0 Å². The van der Waals surface area contributed by atoms with Gasteiger partial charge in [-0.2, -0.15) is 13.2 Å². The summed E-state index contributed by atoms with van der Waals surface area (Å²) in [4.78, 5) is 7.29. The Hall–Kier alpha value is -1.37. The summed E-state index contributed by atoms with van der Waals surface area (Å²) in [7, 11) is 0. The molecule has 2 atom stereocenters. The van der Waals surface area contributed by atoms with Crippen LogP contribution in [-0.2, 0) is 6.18 Å². The predicted molar refractivity (Wildman–Crippen MR) is 63.5 cm³/mol. The van der Waals surface area contributed by atoms with Gasteiger partial charge >= 0.3 is 6.18 Å². The normalized spacial score (nSPS) is 24.2. The predicted octanol–water partition coefficient (Wildman–Crippen LogP) is 2.46. The summed E-state index contributed by atoms with van der Waals surface area (Å²) >= 11 is 0. The Balaban J connectivity index is 2.10. The molecule has 0 bridgehead atoms. The number of aromatic nitrogens is 2. The average molecular weight is 275 g/mol. The SMILES string of the molecule is OCC1CCCCC1Nc1nccc(C(F)(F)F)n1. The molecule has 1 aliphatic rings. The third-order valence-electron chi connectivity index (χ3n) is 3.40. The van der Waals surface area contributed by atoms with Crippen LogP contribution in [-0.4, -0.2) is 27.7 Å². The molecule has 0 saturated heterocycles. The number of hydrogen-bond donors (Lipinski definition) is 2. The molecule has 1 aromatic heterocycles. The molecule has 4 nitrogen and oxygen atoms in total. The monoisotopic (exact) mass is 275 g/mol. The second-order valence-corrected chi connectivity index (χ2v) is 4.74. The first-order chi connectivity index (χ1) is 9.00. The van der Waals surface area contributed by atoms with Crippen LogP contribution in [0.4, 0.5) is 19.1 Å². The minimum atomic E-state index is -4.47. The molecule has 106 valence electrons. The van der Waals surface area contributed by atoms with Crippen molar-refractivity contribution >= 4 is 5.95 Å². The molecule has 0 amide bonds. The zero-order chi connectivity index (χ0) is 13.9. The Kier molecular flexibility index (Phi) is 4.24. The van der Waals surface area contributed by atoms with Crippen molar-refractivity contribution < 1.29 is 18.3 Å². The number of rotatable bonds is 3. The highest BCUT2D eigenvalue weighted by molar-refractivity contribution is 5.28. The first kappa shape index (κ1) is 14.0. The summed E-state index contributed by atoms with van der Waals surface area (Å²) in [6.07, 6.45) is 0.329. The third kappa shape index (κ3) is 3.56. The summed E-state index contributed by atoms with van der Waals surface area (Å²) in [6.45, 7) is 0.0244. The van der Waals surface area contributed by atoms with E-state index in [-0.39, 0.29) is 24.5 Å². The van der Waals surface area contributed by atoms with Crippen LogP contribution >= 0.6 is 0 Å². The van der Waals surface area contributed by atoms with Gasteiger partial charge in [0.25, 0.3) is 0 Å². The van der Waals surface area contributed by atoms with Crippen molar-refractivity contribution in [3.8, 4) is 0 Å². The van der Waals surface area contributed by atoms with E-state index in [9.17, 15) is 18.3 Å². The summed E-state index contributed by atoms with van der Waals surface area (Å²) in [5, 5.41) is 12.2. The number of alkyl halides is 3. The van der Waals surface area contributed by atoms with Crippen LogP contribution in [0.5, 0.6) is 0 Å². The molecule has 0 radical (unpaired) electrons. The van der Waals surface area contributed by atoms with Gasteiger partial charge in [0.15, 0.2) is 0 Å². The Labute approximate surface area is 109 Å². The Morgan fingerprint density at radius 1 is 1.32 bits per heavy atom. The number of aliphatic hydroxyl groups excluding tert-OH is 1. The van der Waals surface area contributed by atoms with Crippen molar-refractivity contribution in [2.24, 2.45) is 5.92 Å². The molecule has 1 aliphatic carbocycles. The highest BCUT2D eigenvalue weighted by Gasteiger charge is 2.33. The molecule has 0 aromatic carbocycles. The Bertz CT molecular complexity index is 425. The van der Waals surface area contributed by atoms with E-state index in [1.807, 2.05) is 0 Å². The van der Waals surface area contributed by atoms with Gasteiger partial charge in [-0.25, -0.2) is 9.97 Å². The van der Waals surface area contributed by atoms with Gasteiger partial charge < -0.3 is 10.4 Å². The van der Waals surface area contributed by atoms with Crippen molar-refractivity contribution in [3.63, 3.8) is 0 Å². The second kappa shape index (κ2) is 5.73. The van der Waals surface area contributed by atoms with Gasteiger partial charge in [-0.15, -0.1) is 0 Å². The summed E-state index contributed by atoms with van der Waals surface area (Å²) in [6, 6.07) is 0.775. The molecule has 2 unspecified atom stereocenters. The molecule has 1 aromatic rings. The van der Waals surface area contributed by atoms with E-state index >= 15 is 0 Å². The topological polar surface area (TPSA) is 58.0 Å². The molecule has 0 aliphatic heterocycles. The number of anilines is 1. The zero-order valence-electron chi connectivity index (χ0n) is 10.3. The number of halogens is 3. The summed E-state index contributed by atoms with van der Waals surface area (Å²) in [5.41, 5.74) is -0.957. The summed E-state index contributed by atoms with van der Waals surface area (Å²) in [5.74, 6) is 0.0204. The Morgan fingerprint density at radius 3 is 2.74 bits per heavy atom. The lowest BCUT2D eigenvalue weighted by Gasteiger charge is -2.30. The molecule has 1 saturated carbocycles. The molecule has 2 N–H and O–H groups in total. The number of hydrogen-bond acceptors (Lipinski definition) is 4. The van der Waals surface area contributed by atoms with Gasteiger partial charge in [0.1, 0.15) is 5.69 Å². The van der Waals surface area contributed by atoms with Crippen molar-refractivity contribution in [1.82, 2.24) is 9.97 Å². The average Bonchev–Trinajstić information content (AvgIpc) is 2.39. The maximum Gasteiger partial charge on any atom is 0.433 e. The third-order valence-corrected chi connectivity index (χ3v) is 3.40. The Morgan fingerprint density at radius 2 is 2.05 bits per heavy atom. The number of aliphatic hydroxyl groups is 1. The minimum absolute atomic E-state index is 0.0244. The van der Waals surface area contributed by atoms with Gasteiger partial charge in [-0.3, -0.25) is 0 Å². The van der Waals surface area contributed by atoms with Crippen LogP contribution in [0.2, 0.25) is 0 Å². The van der Waals surface area contributed by atoms with Crippen molar-refractivity contribution in [1.29, 1.82) is 0 Å². The van der Waals surface area contributed by atoms with Crippen molar-refractivity contribution in [2.45, 2.75) is 37.9 Å². The standard InChI is InChI=1S/C12H16F3N3O/c13-12(14,15)10-5-6-16-11(18-10)17-9-4-2-1-3-8(9)7-19/h5-6,8-9,19H,1-4,7H2,(H,16,17,18). The van der Waals surface area contributed by atoms with Gasteiger partial charge in [0, 0.05) is 24.8 Å². The molecule has 1 fully saturated rings. The van der Waals surface area contributed by atoms with Crippen LogP contribution in [0, 0.1) is 5.92 Å². The first-order valence-electron chi connectivity index (χ1n) is 6.28. The molecule has 19 heavy (non-hydrogen) atoms. The van der Waals surface area contributed by atoms with Crippen LogP contribution < -0.4 is 5.32 Å². The molecule has 1 heterocycles. The molecule has 2 rings (SSSR count). The fourth-order valence-electron chi connectivity index (χ4n) is 2.37. The number of nitrogens with zero attached hydrogens (tertiary/aromatic N) is 2. The fraction of sp³-hybridized carbons (Fsp3) is 0.667. The summed E-state index contributed by atoms with van der Waals surface area (Å²) < 4.78 is 37.6. The van der Waals surface area contributed by atoms with Crippen LogP contribution in [0.25, 0.3) is 0 Å². The van der Waals surface area contributed by atoms with Crippen LogP contribution in [0.1, 0.15) is 31.4 Å². The lowest BCUT2D eigenvalue weighted by Crippen LogP contribution is -2.35. The highest BCUT2D eigenvalue weighted by atomic mass is 19.4. The van der Waals surface area contributed by atoms with Gasteiger partial charge in [-0.1, -0.05) is 12.8 Å². The van der Waals surface area contributed by atoms with Gasteiger partial charge in [-0.05, 0) is 18.9 Å². The quantitative estimate of drug-likeness (QED) is 0.889. The smallest absolute Gasteiger partial charge is 0.396 e. The van der Waals surface area contributed by atoms with Crippen molar-refractivity contribution in [3.05, 3.63) is 18.0 Å². The lowest BCUT2D eigenvalue weighted by molar-refractivity contribution is -0.141. The molecular weight excluding hydrogens is 259 g/mol. The van der Waals surface area contributed by atoms with Crippen LogP contribution in [0.15, 0.2) is 12.3 Å². The number of nitrogens with one attached hydrogen (secondary N) is 1. The van der Waals surface area contributed by atoms with E-state index < -0.39 is 11.9 Å². The van der Waals surface area contributed by atoms with Gasteiger partial charge in [0.2, 0.25) is 5.95 Å². The largest absolute Gasteiger partial charge is 0.433 e. The first-order valence-corrected chi connectivity index (χ1v) is 6.28. The van der Waals surface area contributed by atoms with Crippen LogP contribution in [0.3, 0.4) is 0 Å². The van der Waals surface area contributed by atoms with Gasteiger partial charge in [0.05, 0.1) is 0 Å². The molecule has 7 heteroatoms. The second-order valence-electron chi connectivity index (χ2n) is 4.74. The lowest BCUT2D eigenvalue weighted by atomic mass is 9.85. The van der Waals surface area contributed by atoms with E-state index in [1.54, 1.807) is 0 Å². The van der Waals surface area contributed by atoms with E-state index in [0.717, 1.165) is 37.9 Å². The van der Waals surface area contributed by atoms with E-state index in [0.29, 0.717) is 0 Å². The fourth-order valence-corrected chi connectivity index (χ4v) is 2.37. The van der Waals surface area contributed by atoms with Crippen molar-refractivity contribution in [2.75, 3.05) is 11.9 Å². The molecular formula is C12H16F3N3O. The van der Waals surface area contributed by atoms with E-state index in [2.05, 4.69) is 15.3 Å². The maximum absolute atomic E-state index is 12.5.